The minimum atomic E-state index is 0. The average Bonchev–Trinajstić information content (AvgIpc) is 3.07. The van der Waals surface area contributed by atoms with Gasteiger partial charge in [0.1, 0.15) is 5.76 Å². The highest BCUT2D eigenvalue weighted by atomic mass is 35.5. The highest BCUT2D eigenvalue weighted by Crippen LogP contribution is 2.22. The molecule has 0 saturated heterocycles. The summed E-state index contributed by atoms with van der Waals surface area (Å²) >= 11 is 0. The lowest BCUT2D eigenvalue weighted by molar-refractivity contribution is -0.130. The van der Waals surface area contributed by atoms with E-state index in [-0.39, 0.29) is 37.1 Å². The van der Waals surface area contributed by atoms with E-state index in [0.29, 0.717) is 37.0 Å². The van der Waals surface area contributed by atoms with Crippen LogP contribution in [0.2, 0.25) is 0 Å². The topological polar surface area (TPSA) is 72.4 Å². The Bertz CT molecular complexity index is 870. The van der Waals surface area contributed by atoms with Gasteiger partial charge >= 0.3 is 0 Å². The summed E-state index contributed by atoms with van der Waals surface area (Å²) in [7, 11) is 0. The van der Waals surface area contributed by atoms with Gasteiger partial charge in [-0.25, -0.2) is 4.98 Å². The number of aromatic nitrogens is 1. The number of carbonyl (C=O) groups excluding carboxylic acids is 1. The first kappa shape index (κ1) is 24.7. The van der Waals surface area contributed by atoms with Crippen molar-refractivity contribution in [3.8, 4) is 11.5 Å². The molecule has 1 heterocycles. The molecular weight excluding hydrogens is 409 g/mol. The zero-order valence-corrected chi connectivity index (χ0v) is 18.0. The quantitative estimate of drug-likeness (QED) is 0.578. The van der Waals surface area contributed by atoms with E-state index in [1.165, 1.54) is 5.56 Å². The molecule has 0 unspecified atom stereocenters. The van der Waals surface area contributed by atoms with Gasteiger partial charge in [-0.2, -0.15) is 0 Å². The maximum absolute atomic E-state index is 12.8. The number of oxazole rings is 1. The Morgan fingerprint density at radius 3 is 2.24 bits per heavy atom. The first-order valence-corrected chi connectivity index (χ1v) is 9.21. The minimum absolute atomic E-state index is 0. The molecule has 1 aromatic heterocycles. The Hall–Kier alpha value is -2.34. The average molecular weight is 436 g/mol. The summed E-state index contributed by atoms with van der Waals surface area (Å²) in [4.78, 5) is 19.2. The molecule has 0 aliphatic rings. The van der Waals surface area contributed by atoms with Crippen LogP contribution in [-0.2, 0) is 17.6 Å². The van der Waals surface area contributed by atoms with Crippen molar-refractivity contribution in [2.75, 3.05) is 19.6 Å². The second kappa shape index (κ2) is 12.3. The molecule has 2 aromatic carbocycles. The van der Waals surface area contributed by atoms with Crippen LogP contribution in [0.3, 0.4) is 0 Å². The Kier molecular flexibility index (Phi) is 10.5. The highest BCUT2D eigenvalue weighted by Gasteiger charge is 2.19. The summed E-state index contributed by atoms with van der Waals surface area (Å²) in [5.41, 5.74) is 8.50. The number of nitrogens with zero attached hydrogens (tertiary/aromatic N) is 2. The van der Waals surface area contributed by atoms with Crippen molar-refractivity contribution in [3.05, 3.63) is 77.7 Å². The third-order valence-electron chi connectivity index (χ3n) is 4.50. The largest absolute Gasteiger partial charge is 0.441 e. The molecule has 0 atom stereocenters. The van der Waals surface area contributed by atoms with Crippen LogP contribution in [0.5, 0.6) is 0 Å². The number of hydrogen-bond donors (Lipinski definition) is 1. The molecule has 3 aromatic rings. The third kappa shape index (κ3) is 6.89. The minimum Gasteiger partial charge on any atom is -0.441 e. The molecule has 7 heteroatoms. The summed E-state index contributed by atoms with van der Waals surface area (Å²) in [6.45, 7) is 3.46. The number of benzene rings is 2. The number of nitrogens with two attached hydrogens (primary N) is 1. The van der Waals surface area contributed by atoms with Gasteiger partial charge < -0.3 is 15.1 Å². The lowest BCUT2D eigenvalue weighted by atomic mass is 10.1. The van der Waals surface area contributed by atoms with Gasteiger partial charge in [-0.1, -0.05) is 48.5 Å². The fourth-order valence-electron chi connectivity index (χ4n) is 2.98. The number of carbonyl (C=O) groups is 1. The SMILES string of the molecule is Cc1oc(-c2ccccc2)nc1CC(=O)N(CCN)CCc1ccccc1.Cl.Cl. The van der Waals surface area contributed by atoms with Gasteiger partial charge in [0.25, 0.3) is 0 Å². The predicted octanol–water partition coefficient (Wildman–Crippen LogP) is 4.07. The van der Waals surface area contributed by atoms with Gasteiger partial charge in [0.15, 0.2) is 0 Å². The lowest BCUT2D eigenvalue weighted by Gasteiger charge is -2.21. The van der Waals surface area contributed by atoms with Crippen LogP contribution in [0, 0.1) is 6.92 Å². The summed E-state index contributed by atoms with van der Waals surface area (Å²) in [5, 5.41) is 0. The fourth-order valence-corrected chi connectivity index (χ4v) is 2.98. The van der Waals surface area contributed by atoms with Crippen molar-refractivity contribution in [1.82, 2.24) is 9.88 Å². The van der Waals surface area contributed by atoms with E-state index in [0.717, 1.165) is 12.0 Å². The molecule has 3 rings (SSSR count). The smallest absolute Gasteiger partial charge is 0.228 e. The van der Waals surface area contributed by atoms with Gasteiger partial charge in [0.2, 0.25) is 11.8 Å². The van der Waals surface area contributed by atoms with Crippen LogP contribution in [0.1, 0.15) is 17.0 Å². The van der Waals surface area contributed by atoms with Gasteiger partial charge in [-0.05, 0) is 31.0 Å². The predicted molar refractivity (Wildman–Crippen MR) is 121 cm³/mol. The van der Waals surface area contributed by atoms with Gasteiger partial charge in [0.05, 0.1) is 12.1 Å². The number of hydrogen-bond acceptors (Lipinski definition) is 4. The second-order valence-electron chi connectivity index (χ2n) is 6.47. The van der Waals surface area contributed by atoms with Crippen LogP contribution in [0.25, 0.3) is 11.5 Å². The van der Waals surface area contributed by atoms with Crippen LogP contribution in [-0.4, -0.2) is 35.4 Å². The van der Waals surface area contributed by atoms with Gasteiger partial charge in [-0.15, -0.1) is 24.8 Å². The first-order valence-electron chi connectivity index (χ1n) is 9.21. The van der Waals surface area contributed by atoms with E-state index in [2.05, 4.69) is 17.1 Å². The van der Waals surface area contributed by atoms with Crippen molar-refractivity contribution < 1.29 is 9.21 Å². The molecule has 0 radical (unpaired) electrons. The van der Waals surface area contributed by atoms with E-state index in [1.807, 2.05) is 60.4 Å². The van der Waals surface area contributed by atoms with Crippen molar-refractivity contribution in [3.63, 3.8) is 0 Å². The zero-order valence-electron chi connectivity index (χ0n) is 16.4. The van der Waals surface area contributed by atoms with Crippen LogP contribution >= 0.6 is 24.8 Å². The zero-order chi connectivity index (χ0) is 19.1. The van der Waals surface area contributed by atoms with E-state index in [4.69, 9.17) is 10.2 Å². The monoisotopic (exact) mass is 435 g/mol. The number of amides is 1. The molecule has 0 bridgehead atoms. The molecule has 2 N–H and O–H groups in total. The molecule has 5 nitrogen and oxygen atoms in total. The number of aryl methyl sites for hydroxylation is 1. The van der Waals surface area contributed by atoms with E-state index in [9.17, 15) is 4.79 Å². The van der Waals surface area contributed by atoms with Crippen LogP contribution in [0.4, 0.5) is 0 Å². The first-order chi connectivity index (χ1) is 13.2. The summed E-state index contributed by atoms with van der Waals surface area (Å²) in [5.74, 6) is 1.25. The molecule has 1 amide bonds. The summed E-state index contributed by atoms with van der Waals surface area (Å²) in [6, 6.07) is 19.8. The third-order valence-corrected chi connectivity index (χ3v) is 4.50. The van der Waals surface area contributed by atoms with Crippen molar-refractivity contribution >= 4 is 30.7 Å². The van der Waals surface area contributed by atoms with Crippen LogP contribution < -0.4 is 5.73 Å². The van der Waals surface area contributed by atoms with E-state index >= 15 is 0 Å². The molecule has 0 aliphatic heterocycles. The van der Waals surface area contributed by atoms with Crippen molar-refractivity contribution in [2.45, 2.75) is 19.8 Å². The van der Waals surface area contributed by atoms with Gasteiger partial charge in [-0.3, -0.25) is 4.79 Å². The van der Waals surface area contributed by atoms with E-state index in [1.54, 1.807) is 0 Å². The van der Waals surface area contributed by atoms with E-state index < -0.39 is 0 Å². The summed E-state index contributed by atoms with van der Waals surface area (Å²) in [6.07, 6.45) is 1.02. The van der Waals surface area contributed by atoms with Crippen molar-refractivity contribution in [2.24, 2.45) is 5.73 Å². The molecular formula is C22H27Cl2N3O2. The lowest BCUT2D eigenvalue weighted by Crippen LogP contribution is -2.38. The molecule has 0 fully saturated rings. The standard InChI is InChI=1S/C22H25N3O2.2ClH/c1-17-20(24-22(27-17)19-10-6-3-7-11-19)16-21(26)25(15-13-23)14-12-18-8-4-2-5-9-18;;/h2-11H,12-16,23H2,1H3;2*1H. The van der Waals surface area contributed by atoms with Crippen LogP contribution in [0.15, 0.2) is 65.1 Å². The maximum Gasteiger partial charge on any atom is 0.228 e. The summed E-state index contributed by atoms with van der Waals surface area (Å²) < 4.78 is 5.76. The van der Waals surface area contributed by atoms with Crippen molar-refractivity contribution in [1.29, 1.82) is 0 Å². The fraction of sp³-hybridized carbons (Fsp3) is 0.273. The number of halogens is 2. The molecule has 0 aliphatic carbocycles. The Balaban J connectivity index is 0.00000210. The number of rotatable bonds is 8. The second-order valence-corrected chi connectivity index (χ2v) is 6.47. The molecule has 156 valence electrons. The normalized spacial score (nSPS) is 10.0. The molecule has 0 saturated carbocycles. The molecule has 29 heavy (non-hydrogen) atoms. The Labute approximate surface area is 184 Å². The Morgan fingerprint density at radius 2 is 1.62 bits per heavy atom. The Morgan fingerprint density at radius 1 is 1.00 bits per heavy atom. The van der Waals surface area contributed by atoms with Gasteiger partial charge in [0, 0.05) is 25.2 Å². The molecule has 0 spiro atoms. The highest BCUT2D eigenvalue weighted by molar-refractivity contribution is 5.85. The maximum atomic E-state index is 12.8.